The zero-order chi connectivity index (χ0) is 16.5. The third-order valence-corrected chi connectivity index (χ3v) is 5.01. The molecular weight excluding hydrogens is 346 g/mol. The number of hydrogen-bond donors (Lipinski definition) is 2. The summed E-state index contributed by atoms with van der Waals surface area (Å²) in [6, 6.07) is 9.19. The van der Waals surface area contributed by atoms with Crippen LogP contribution in [0.2, 0.25) is 0 Å². The highest BCUT2D eigenvalue weighted by atomic mass is 32.1. The van der Waals surface area contributed by atoms with E-state index in [4.69, 9.17) is 4.42 Å². The Balaban J connectivity index is 1.52. The maximum absolute atomic E-state index is 12.0. The van der Waals surface area contributed by atoms with Crippen LogP contribution in [-0.4, -0.2) is 15.9 Å². The maximum Gasteiger partial charge on any atom is 0.417 e. The summed E-state index contributed by atoms with van der Waals surface area (Å²) in [6.45, 7) is 0. The third kappa shape index (κ3) is 3.01. The highest BCUT2D eigenvalue weighted by Gasteiger charge is 2.10. The largest absolute Gasteiger partial charge is 0.417 e. The number of amides is 1. The molecule has 3 heterocycles. The molecule has 0 saturated carbocycles. The van der Waals surface area contributed by atoms with Gasteiger partial charge in [-0.05, 0) is 29.6 Å². The first-order valence-corrected chi connectivity index (χ1v) is 8.84. The molecule has 4 rings (SSSR count). The van der Waals surface area contributed by atoms with Crippen molar-refractivity contribution in [3.05, 3.63) is 56.5 Å². The van der Waals surface area contributed by atoms with Gasteiger partial charge in [0.1, 0.15) is 0 Å². The van der Waals surface area contributed by atoms with Crippen LogP contribution < -0.4 is 11.1 Å². The molecule has 8 heteroatoms. The Kier molecular flexibility index (Phi) is 3.75. The Labute approximate surface area is 143 Å². The van der Waals surface area contributed by atoms with Crippen LogP contribution in [0, 0.1) is 0 Å². The van der Waals surface area contributed by atoms with Gasteiger partial charge in [-0.15, -0.1) is 22.7 Å². The van der Waals surface area contributed by atoms with Gasteiger partial charge in [-0.25, -0.2) is 9.78 Å². The van der Waals surface area contributed by atoms with Gasteiger partial charge in [-0.2, -0.15) is 0 Å². The van der Waals surface area contributed by atoms with Crippen LogP contribution in [0.3, 0.4) is 0 Å². The van der Waals surface area contributed by atoms with Crippen molar-refractivity contribution in [3.63, 3.8) is 0 Å². The Morgan fingerprint density at radius 2 is 2.21 bits per heavy atom. The number of thiazole rings is 1. The molecule has 0 fully saturated rings. The van der Waals surface area contributed by atoms with E-state index in [1.54, 1.807) is 23.5 Å². The first kappa shape index (κ1) is 14.9. The fraction of sp³-hybridized carbons (Fsp3) is 0.0625. The molecule has 0 aliphatic heterocycles. The quantitative estimate of drug-likeness (QED) is 0.585. The molecule has 0 spiro atoms. The summed E-state index contributed by atoms with van der Waals surface area (Å²) in [6.07, 6.45) is 0.342. The molecule has 0 radical (unpaired) electrons. The number of thiophene rings is 1. The second-order valence-electron chi connectivity index (χ2n) is 5.07. The summed E-state index contributed by atoms with van der Waals surface area (Å²) in [5, 5.41) is 7.17. The normalized spacial score (nSPS) is 11.0. The van der Waals surface area contributed by atoms with E-state index < -0.39 is 5.76 Å². The van der Waals surface area contributed by atoms with Crippen LogP contribution in [0.1, 0.15) is 4.88 Å². The highest BCUT2D eigenvalue weighted by Crippen LogP contribution is 2.27. The number of H-pyrrole nitrogens is 1. The van der Waals surface area contributed by atoms with Gasteiger partial charge in [0.2, 0.25) is 5.91 Å². The van der Waals surface area contributed by atoms with Gasteiger partial charge in [0.05, 0.1) is 17.6 Å². The van der Waals surface area contributed by atoms with Gasteiger partial charge in [-0.3, -0.25) is 9.78 Å². The van der Waals surface area contributed by atoms with Gasteiger partial charge in [0.25, 0.3) is 0 Å². The van der Waals surface area contributed by atoms with E-state index in [0.29, 0.717) is 22.7 Å². The summed E-state index contributed by atoms with van der Waals surface area (Å²) in [7, 11) is 0. The van der Waals surface area contributed by atoms with E-state index in [0.717, 1.165) is 16.1 Å². The minimum absolute atomic E-state index is 0.0898. The molecule has 24 heavy (non-hydrogen) atoms. The number of aromatic amines is 1. The summed E-state index contributed by atoms with van der Waals surface area (Å²) in [4.78, 5) is 31.3. The molecular formula is C16H11N3O3S2. The Hall–Kier alpha value is -2.71. The number of carbonyl (C=O) groups excluding carboxylic acids is 1. The minimum Gasteiger partial charge on any atom is -0.408 e. The molecule has 3 aromatic heterocycles. The smallest absolute Gasteiger partial charge is 0.408 e. The van der Waals surface area contributed by atoms with Crippen molar-refractivity contribution in [2.24, 2.45) is 0 Å². The summed E-state index contributed by atoms with van der Waals surface area (Å²) in [5.41, 5.74) is 2.70. The number of benzene rings is 1. The average molecular weight is 357 g/mol. The van der Waals surface area contributed by atoms with Gasteiger partial charge in [0, 0.05) is 15.8 Å². The van der Waals surface area contributed by atoms with E-state index in [2.05, 4.69) is 15.3 Å². The Morgan fingerprint density at radius 3 is 3.04 bits per heavy atom. The second-order valence-corrected chi connectivity index (χ2v) is 6.96. The molecule has 0 aliphatic rings. The summed E-state index contributed by atoms with van der Waals surface area (Å²) in [5.74, 6) is -0.574. The summed E-state index contributed by atoms with van der Waals surface area (Å²) >= 11 is 2.91. The van der Waals surface area contributed by atoms with Gasteiger partial charge < -0.3 is 9.73 Å². The number of hydrogen-bond acceptors (Lipinski definition) is 6. The van der Waals surface area contributed by atoms with Gasteiger partial charge >= 0.3 is 5.76 Å². The van der Waals surface area contributed by atoms with Crippen LogP contribution in [0.15, 0.2) is 50.3 Å². The van der Waals surface area contributed by atoms with E-state index in [9.17, 15) is 9.59 Å². The average Bonchev–Trinajstić information content (AvgIpc) is 3.26. The number of nitrogens with zero attached hydrogens (tertiary/aromatic N) is 1. The maximum atomic E-state index is 12.0. The zero-order valence-corrected chi connectivity index (χ0v) is 13.9. The number of nitrogens with one attached hydrogen (secondary N) is 2. The lowest BCUT2D eigenvalue weighted by atomic mass is 10.1. The number of oxazole rings is 1. The van der Waals surface area contributed by atoms with Crippen LogP contribution in [0.25, 0.3) is 22.4 Å². The van der Waals surface area contributed by atoms with Gasteiger partial charge in [-0.1, -0.05) is 6.07 Å². The van der Waals surface area contributed by atoms with Crippen LogP contribution in [0.5, 0.6) is 0 Å². The standard InChI is InChI=1S/C16H11N3O3S2/c20-14(7-10-2-1-5-23-10)19-15-17-12(8-24-15)9-3-4-13-11(6-9)18-16(21)22-13/h1-6,8H,7H2,(H,18,21)(H,17,19,20). The van der Waals surface area contributed by atoms with E-state index in [1.807, 2.05) is 29.0 Å². The predicted octanol–water partition coefficient (Wildman–Crippen LogP) is 3.49. The molecule has 2 N–H and O–H groups in total. The molecule has 1 amide bonds. The summed E-state index contributed by atoms with van der Waals surface area (Å²) < 4.78 is 4.98. The second kappa shape index (κ2) is 6.06. The first-order chi connectivity index (χ1) is 11.7. The van der Waals surface area contributed by atoms with E-state index >= 15 is 0 Å². The van der Waals surface area contributed by atoms with Crippen molar-refractivity contribution in [2.75, 3.05) is 5.32 Å². The van der Waals surface area contributed by atoms with Gasteiger partial charge in [0.15, 0.2) is 10.7 Å². The zero-order valence-electron chi connectivity index (χ0n) is 12.2. The Bertz CT molecular complexity index is 1060. The number of anilines is 1. The fourth-order valence-corrected chi connectivity index (χ4v) is 3.75. The molecule has 0 unspecified atom stereocenters. The SMILES string of the molecule is O=C(Cc1cccs1)Nc1nc(-c2ccc3oc(=O)[nH]c3c2)cs1. The minimum atomic E-state index is -0.484. The molecule has 0 aliphatic carbocycles. The molecule has 1 aromatic carbocycles. The molecule has 120 valence electrons. The van der Waals surface area contributed by atoms with Crippen LogP contribution in [0.4, 0.5) is 5.13 Å². The molecule has 4 aromatic rings. The number of aromatic nitrogens is 2. The molecule has 0 atom stereocenters. The van der Waals surface area contributed by atoms with Crippen molar-refractivity contribution in [1.82, 2.24) is 9.97 Å². The number of carbonyl (C=O) groups is 1. The lowest BCUT2D eigenvalue weighted by molar-refractivity contribution is -0.115. The topological polar surface area (TPSA) is 88.0 Å². The van der Waals surface area contributed by atoms with Crippen molar-refractivity contribution in [1.29, 1.82) is 0 Å². The van der Waals surface area contributed by atoms with Crippen molar-refractivity contribution in [3.8, 4) is 11.3 Å². The third-order valence-electron chi connectivity index (χ3n) is 3.38. The van der Waals surface area contributed by atoms with Crippen molar-refractivity contribution in [2.45, 2.75) is 6.42 Å². The number of rotatable bonds is 4. The van der Waals surface area contributed by atoms with Crippen molar-refractivity contribution >= 4 is 44.8 Å². The van der Waals surface area contributed by atoms with Crippen LogP contribution in [-0.2, 0) is 11.2 Å². The van der Waals surface area contributed by atoms with Crippen molar-refractivity contribution < 1.29 is 9.21 Å². The highest BCUT2D eigenvalue weighted by molar-refractivity contribution is 7.14. The first-order valence-electron chi connectivity index (χ1n) is 7.08. The Morgan fingerprint density at radius 1 is 1.29 bits per heavy atom. The molecule has 0 saturated heterocycles. The van der Waals surface area contributed by atoms with Crippen LogP contribution >= 0.6 is 22.7 Å². The predicted molar refractivity (Wildman–Crippen MR) is 94.6 cm³/mol. The van der Waals surface area contributed by atoms with E-state index in [1.165, 1.54) is 11.3 Å². The lowest BCUT2D eigenvalue weighted by Crippen LogP contribution is -2.13. The monoisotopic (exact) mass is 357 g/mol. The van der Waals surface area contributed by atoms with E-state index in [-0.39, 0.29) is 5.91 Å². The molecule has 6 nitrogen and oxygen atoms in total. The lowest BCUT2D eigenvalue weighted by Gasteiger charge is -1.99. The molecule has 0 bridgehead atoms. The fourth-order valence-electron chi connectivity index (χ4n) is 2.31. The number of fused-ring (bicyclic) bond motifs is 1.